The maximum atomic E-state index is 12.2. The Hall–Kier alpha value is -0.570. The number of hydrogen-bond acceptors (Lipinski definition) is 3. The van der Waals surface area contributed by atoms with Crippen LogP contribution in [-0.4, -0.2) is 30.3 Å². The lowest BCUT2D eigenvalue weighted by molar-refractivity contribution is -0.145. The summed E-state index contributed by atoms with van der Waals surface area (Å²) in [6, 6.07) is -0.658. The Kier molecular flexibility index (Phi) is 7.53. The predicted octanol–water partition coefficient (Wildman–Crippen LogP) is 3.64. The first kappa shape index (κ1) is 17.4. The van der Waals surface area contributed by atoms with Crippen LogP contribution in [0.4, 0.5) is 0 Å². The van der Waals surface area contributed by atoms with Crippen LogP contribution in [0.2, 0.25) is 0 Å². The molecular weight excluding hydrogens is 273 g/mol. The van der Waals surface area contributed by atoms with Crippen molar-refractivity contribution in [3.63, 3.8) is 0 Å². The predicted molar refractivity (Wildman–Crippen MR) is 75.8 cm³/mol. The lowest BCUT2D eigenvalue weighted by atomic mass is 10.0. The summed E-state index contributed by atoms with van der Waals surface area (Å²) in [6.45, 7) is 7.93. The summed E-state index contributed by atoms with van der Waals surface area (Å²) in [4.78, 5) is 11.8. The summed E-state index contributed by atoms with van der Waals surface area (Å²) in [5.74, 6) is 0.963. The Balaban J connectivity index is 5.33. The molecule has 0 N–H and O–H groups in total. The van der Waals surface area contributed by atoms with Gasteiger partial charge in [0.05, 0.1) is 7.11 Å². The van der Waals surface area contributed by atoms with Crippen LogP contribution in [0.25, 0.3) is 0 Å². The van der Waals surface area contributed by atoms with Crippen LogP contribution < -0.4 is 0 Å². The number of carbonyl (C=O) groups is 1. The van der Waals surface area contributed by atoms with E-state index < -0.39 is 18.7 Å². The Morgan fingerprint density at radius 3 is 2.39 bits per heavy atom. The van der Waals surface area contributed by atoms with Crippen LogP contribution in [0.1, 0.15) is 20.3 Å². The van der Waals surface area contributed by atoms with Gasteiger partial charge in [0.1, 0.15) is 6.04 Å². The van der Waals surface area contributed by atoms with E-state index in [0.29, 0.717) is 6.42 Å². The van der Waals surface area contributed by atoms with Crippen molar-refractivity contribution in [1.82, 2.24) is 4.67 Å². The molecule has 0 aliphatic carbocycles. The van der Waals surface area contributed by atoms with E-state index >= 15 is 0 Å². The molecule has 0 aromatic heterocycles. The maximum absolute atomic E-state index is 12.2. The van der Waals surface area contributed by atoms with Gasteiger partial charge in [-0.2, -0.15) is 0 Å². The second-order valence-electron chi connectivity index (χ2n) is 4.31. The first-order valence-corrected chi connectivity index (χ1v) is 8.32. The van der Waals surface area contributed by atoms with Gasteiger partial charge in [0.15, 0.2) is 0 Å². The summed E-state index contributed by atoms with van der Waals surface area (Å²) in [5.41, 5.74) is 0. The Morgan fingerprint density at radius 1 is 1.50 bits per heavy atom. The summed E-state index contributed by atoms with van der Waals surface area (Å²) < 4.78 is 18.4. The SMILES string of the molecule is C=CCN(C(CC(C)C)C(=O)OC)P(=O)(Cl)C=C. The standard InChI is InChI=1S/C12H21ClNO3P/c1-6-8-14(18(13,16)7-2)11(9-10(3)4)12(15)17-5/h6-7,10-11H,1-2,8-9H2,3-5H3. The number of hydrogen-bond donors (Lipinski definition) is 0. The van der Waals surface area contributed by atoms with Gasteiger partial charge in [0.2, 0.25) is 0 Å². The minimum atomic E-state index is -3.28. The van der Waals surface area contributed by atoms with Crippen LogP contribution in [0.3, 0.4) is 0 Å². The highest BCUT2D eigenvalue weighted by Crippen LogP contribution is 2.57. The van der Waals surface area contributed by atoms with Gasteiger partial charge in [0.25, 0.3) is 6.65 Å². The second kappa shape index (κ2) is 7.78. The van der Waals surface area contributed by atoms with E-state index in [0.717, 1.165) is 0 Å². The average molecular weight is 294 g/mol. The van der Waals surface area contributed by atoms with Crippen molar-refractivity contribution in [3.8, 4) is 0 Å². The smallest absolute Gasteiger partial charge is 0.323 e. The zero-order valence-corrected chi connectivity index (χ0v) is 12.8. The molecule has 0 amide bonds. The summed E-state index contributed by atoms with van der Waals surface area (Å²) in [5, 5.41) is 0. The highest BCUT2D eigenvalue weighted by atomic mass is 35.7. The van der Waals surface area contributed by atoms with Crippen molar-refractivity contribution in [1.29, 1.82) is 0 Å². The highest BCUT2D eigenvalue weighted by Gasteiger charge is 2.36. The molecule has 2 atom stereocenters. The average Bonchev–Trinajstić information content (AvgIpc) is 2.32. The molecule has 0 rings (SSSR count). The molecule has 0 heterocycles. The normalized spacial score (nSPS) is 16.1. The first-order valence-electron chi connectivity index (χ1n) is 5.69. The van der Waals surface area contributed by atoms with Crippen molar-refractivity contribution in [2.24, 2.45) is 5.92 Å². The van der Waals surface area contributed by atoms with Gasteiger partial charge in [-0.1, -0.05) is 26.5 Å². The number of methoxy groups -OCH3 is 1. The van der Waals surface area contributed by atoms with Gasteiger partial charge >= 0.3 is 5.97 Å². The molecular formula is C12H21ClNO3P. The van der Waals surface area contributed by atoms with Crippen molar-refractivity contribution in [2.45, 2.75) is 26.3 Å². The molecule has 0 aliphatic heterocycles. The van der Waals surface area contributed by atoms with Crippen molar-refractivity contribution >= 4 is 23.9 Å². The van der Waals surface area contributed by atoms with Crippen molar-refractivity contribution in [3.05, 3.63) is 25.1 Å². The number of esters is 1. The van der Waals surface area contributed by atoms with Crippen molar-refractivity contribution in [2.75, 3.05) is 13.7 Å². The van der Waals surface area contributed by atoms with Gasteiger partial charge in [-0.15, -0.1) is 6.58 Å². The Bertz CT molecular complexity index is 357. The minimum absolute atomic E-state index is 0.235. The van der Waals surface area contributed by atoms with Gasteiger partial charge in [-0.25, -0.2) is 4.67 Å². The molecule has 0 aromatic rings. The fourth-order valence-corrected chi connectivity index (χ4v) is 3.21. The molecule has 0 fully saturated rings. The molecule has 104 valence electrons. The van der Waals surface area contributed by atoms with E-state index in [1.807, 2.05) is 13.8 Å². The number of nitrogens with zero attached hydrogens (tertiary/aromatic N) is 1. The van der Waals surface area contributed by atoms with Gasteiger partial charge < -0.3 is 4.74 Å². The molecule has 2 unspecified atom stereocenters. The summed E-state index contributed by atoms with van der Waals surface area (Å²) in [6.07, 6.45) is 2.06. The number of rotatable bonds is 8. The van der Waals surface area contributed by atoms with Gasteiger partial charge in [-0.05, 0) is 29.4 Å². The maximum Gasteiger partial charge on any atom is 0.323 e. The summed E-state index contributed by atoms with van der Waals surface area (Å²) in [7, 11) is 1.30. The lowest BCUT2D eigenvalue weighted by Gasteiger charge is -2.31. The fraction of sp³-hybridized carbons (Fsp3) is 0.583. The third-order valence-corrected chi connectivity index (χ3v) is 5.01. The lowest BCUT2D eigenvalue weighted by Crippen LogP contribution is -2.39. The third kappa shape index (κ3) is 4.97. The van der Waals surface area contributed by atoms with Crippen LogP contribution in [-0.2, 0) is 14.1 Å². The van der Waals surface area contributed by atoms with Crippen LogP contribution >= 0.6 is 17.9 Å². The molecule has 0 saturated heterocycles. The quantitative estimate of drug-likeness (QED) is 0.389. The Morgan fingerprint density at radius 2 is 2.06 bits per heavy atom. The second-order valence-corrected chi connectivity index (χ2v) is 7.73. The molecule has 0 bridgehead atoms. The topological polar surface area (TPSA) is 46.6 Å². The number of carbonyl (C=O) groups excluding carboxylic acids is 1. The Labute approximate surface area is 114 Å². The zero-order chi connectivity index (χ0) is 14.3. The fourth-order valence-electron chi connectivity index (χ4n) is 1.59. The zero-order valence-electron chi connectivity index (χ0n) is 11.1. The van der Waals surface area contributed by atoms with E-state index in [-0.39, 0.29) is 12.5 Å². The van der Waals surface area contributed by atoms with E-state index in [1.54, 1.807) is 6.08 Å². The van der Waals surface area contributed by atoms with E-state index in [4.69, 9.17) is 16.0 Å². The van der Waals surface area contributed by atoms with Gasteiger partial charge in [0, 0.05) is 6.54 Å². The molecule has 0 saturated carbocycles. The summed E-state index contributed by atoms with van der Waals surface area (Å²) >= 11 is 5.95. The third-order valence-electron chi connectivity index (χ3n) is 2.42. The van der Waals surface area contributed by atoms with Crippen LogP contribution in [0.15, 0.2) is 25.1 Å². The molecule has 18 heavy (non-hydrogen) atoms. The largest absolute Gasteiger partial charge is 0.468 e. The highest BCUT2D eigenvalue weighted by molar-refractivity contribution is 7.89. The van der Waals surface area contributed by atoms with Crippen molar-refractivity contribution < 1.29 is 14.1 Å². The van der Waals surface area contributed by atoms with E-state index in [1.165, 1.54) is 17.6 Å². The number of ether oxygens (including phenoxy) is 1. The van der Waals surface area contributed by atoms with E-state index in [2.05, 4.69) is 13.2 Å². The number of halogens is 1. The molecule has 0 aliphatic rings. The monoisotopic (exact) mass is 293 g/mol. The molecule has 0 radical (unpaired) electrons. The molecule has 0 spiro atoms. The molecule has 6 heteroatoms. The molecule has 0 aromatic carbocycles. The van der Waals surface area contributed by atoms with Crippen LogP contribution in [0, 0.1) is 5.92 Å². The minimum Gasteiger partial charge on any atom is -0.468 e. The first-order chi connectivity index (χ1) is 8.30. The molecule has 4 nitrogen and oxygen atoms in total. The van der Waals surface area contributed by atoms with Crippen LogP contribution in [0.5, 0.6) is 0 Å². The van der Waals surface area contributed by atoms with E-state index in [9.17, 15) is 9.36 Å². The van der Waals surface area contributed by atoms with Gasteiger partial charge in [-0.3, -0.25) is 9.36 Å².